The summed E-state index contributed by atoms with van der Waals surface area (Å²) in [6.07, 6.45) is 0. The number of carbonyl (C=O) groups excluding carboxylic acids is 2. The maximum Gasteiger partial charge on any atom is 0.264 e. The van der Waals surface area contributed by atoms with E-state index in [0.29, 0.717) is 35.8 Å². The Morgan fingerprint density at radius 3 is 2.08 bits per heavy atom. The second-order valence-electron chi connectivity index (χ2n) is 7.94. The molecule has 0 heterocycles. The number of sulfonamides is 1. The number of rotatable bonds is 11. The van der Waals surface area contributed by atoms with Gasteiger partial charge in [-0.15, -0.1) is 0 Å². The van der Waals surface area contributed by atoms with Crippen LogP contribution in [-0.4, -0.2) is 59.0 Å². The first kappa shape index (κ1) is 27.5. The van der Waals surface area contributed by atoms with E-state index in [1.165, 1.54) is 32.4 Å². The van der Waals surface area contributed by atoms with Gasteiger partial charge in [-0.1, -0.05) is 30.3 Å². The van der Waals surface area contributed by atoms with Gasteiger partial charge in [0.15, 0.2) is 11.5 Å². The highest BCUT2D eigenvalue weighted by Gasteiger charge is 2.29. The quantitative estimate of drug-likeness (QED) is 0.405. The van der Waals surface area contributed by atoms with Crippen molar-refractivity contribution in [1.29, 1.82) is 0 Å². The fourth-order valence-corrected chi connectivity index (χ4v) is 5.23. The summed E-state index contributed by atoms with van der Waals surface area (Å²) in [4.78, 5) is 27.7. The molecular weight excluding hydrogens is 494 g/mol. The largest absolute Gasteiger partial charge is 0.493 e. The van der Waals surface area contributed by atoms with Crippen molar-refractivity contribution < 1.29 is 27.5 Å². The Balaban J connectivity index is 1.96. The van der Waals surface area contributed by atoms with Crippen LogP contribution in [-0.2, 0) is 14.8 Å². The predicted molar refractivity (Wildman–Crippen MR) is 143 cm³/mol. The summed E-state index contributed by atoms with van der Waals surface area (Å²) in [5, 5.41) is 2.72. The Kier molecular flexibility index (Phi) is 9.13. The summed E-state index contributed by atoms with van der Waals surface area (Å²) in [7, 11) is -1.32. The summed E-state index contributed by atoms with van der Waals surface area (Å²) >= 11 is 0. The van der Waals surface area contributed by atoms with Crippen molar-refractivity contribution in [2.45, 2.75) is 18.7 Å². The van der Waals surface area contributed by atoms with Crippen LogP contribution < -0.4 is 19.1 Å². The molecule has 10 heteroatoms. The van der Waals surface area contributed by atoms with Crippen molar-refractivity contribution in [1.82, 2.24) is 4.90 Å². The average Bonchev–Trinajstić information content (AvgIpc) is 2.92. The lowest BCUT2D eigenvalue weighted by Gasteiger charge is -2.25. The molecule has 0 unspecified atom stereocenters. The minimum absolute atomic E-state index is 0.0704. The van der Waals surface area contributed by atoms with E-state index in [1.54, 1.807) is 59.5 Å². The molecule has 196 valence electrons. The summed E-state index contributed by atoms with van der Waals surface area (Å²) in [6.45, 7) is 4.26. The summed E-state index contributed by atoms with van der Waals surface area (Å²) < 4.78 is 38.9. The fourth-order valence-electron chi connectivity index (χ4n) is 3.79. The Bertz CT molecular complexity index is 1340. The minimum Gasteiger partial charge on any atom is -0.493 e. The lowest BCUT2D eigenvalue weighted by atomic mass is 10.1. The molecule has 3 aromatic rings. The number of ether oxygens (including phenoxy) is 2. The minimum atomic E-state index is -4.19. The van der Waals surface area contributed by atoms with Crippen molar-refractivity contribution in [3.05, 3.63) is 78.4 Å². The zero-order chi connectivity index (χ0) is 27.0. The highest BCUT2D eigenvalue weighted by atomic mass is 32.2. The number of hydrogen-bond acceptors (Lipinski definition) is 6. The van der Waals surface area contributed by atoms with Gasteiger partial charge in [0.05, 0.1) is 36.1 Å². The van der Waals surface area contributed by atoms with Crippen LogP contribution in [0.3, 0.4) is 0 Å². The SMILES string of the molecule is CCN(CC)C(=O)c1ccccc1NC(=O)CN(c1ccccc1)S(=O)(=O)c1ccc(OC)c(OC)c1. The summed E-state index contributed by atoms with van der Waals surface area (Å²) in [6, 6.07) is 19.2. The van der Waals surface area contributed by atoms with E-state index >= 15 is 0 Å². The molecule has 0 aliphatic carbocycles. The van der Waals surface area contributed by atoms with Gasteiger partial charge < -0.3 is 19.7 Å². The fraction of sp³-hybridized carbons (Fsp3) is 0.259. The predicted octanol–water partition coefficient (Wildman–Crippen LogP) is 4.02. The number of anilines is 2. The van der Waals surface area contributed by atoms with Gasteiger partial charge in [0.1, 0.15) is 6.54 Å². The smallest absolute Gasteiger partial charge is 0.264 e. The molecule has 0 saturated carbocycles. The monoisotopic (exact) mass is 525 g/mol. The van der Waals surface area contributed by atoms with Gasteiger partial charge in [-0.3, -0.25) is 13.9 Å². The number of nitrogens with one attached hydrogen (secondary N) is 1. The molecule has 0 fully saturated rings. The molecule has 9 nitrogen and oxygen atoms in total. The van der Waals surface area contributed by atoms with Crippen LogP contribution in [0.25, 0.3) is 0 Å². The number of hydrogen-bond donors (Lipinski definition) is 1. The number of nitrogens with zero attached hydrogens (tertiary/aromatic N) is 2. The van der Waals surface area contributed by atoms with Crippen molar-refractivity contribution in [3.8, 4) is 11.5 Å². The van der Waals surface area contributed by atoms with Crippen LogP contribution in [0.5, 0.6) is 11.5 Å². The van der Waals surface area contributed by atoms with Crippen LogP contribution in [0.4, 0.5) is 11.4 Å². The van der Waals surface area contributed by atoms with Crippen LogP contribution in [0, 0.1) is 0 Å². The second-order valence-corrected chi connectivity index (χ2v) is 9.80. The molecule has 0 atom stereocenters. The highest BCUT2D eigenvalue weighted by Crippen LogP contribution is 2.32. The van der Waals surface area contributed by atoms with E-state index in [9.17, 15) is 18.0 Å². The first-order valence-electron chi connectivity index (χ1n) is 11.7. The van der Waals surface area contributed by atoms with E-state index in [0.717, 1.165) is 4.31 Å². The molecule has 0 aliphatic rings. The Morgan fingerprint density at radius 2 is 1.46 bits per heavy atom. The number of amides is 2. The van der Waals surface area contributed by atoms with Crippen LogP contribution in [0.2, 0.25) is 0 Å². The number of para-hydroxylation sites is 2. The molecule has 0 aliphatic heterocycles. The second kappa shape index (κ2) is 12.3. The Labute approximate surface area is 217 Å². The Morgan fingerprint density at radius 1 is 0.838 bits per heavy atom. The van der Waals surface area contributed by atoms with Gasteiger partial charge >= 0.3 is 0 Å². The van der Waals surface area contributed by atoms with Gasteiger partial charge in [-0.05, 0) is 50.2 Å². The van der Waals surface area contributed by atoms with Gasteiger partial charge in [0.25, 0.3) is 15.9 Å². The topological polar surface area (TPSA) is 105 Å². The molecule has 0 bridgehead atoms. The number of carbonyl (C=O) groups is 2. The first-order chi connectivity index (χ1) is 17.8. The van der Waals surface area contributed by atoms with E-state index in [1.807, 2.05) is 13.8 Å². The lowest BCUT2D eigenvalue weighted by Crippen LogP contribution is -2.38. The molecule has 0 radical (unpaired) electrons. The van der Waals surface area contributed by atoms with Crippen LogP contribution >= 0.6 is 0 Å². The molecule has 0 saturated heterocycles. The standard InChI is InChI=1S/C27H31N3O6S/c1-5-29(6-2)27(32)22-14-10-11-15-23(22)28-26(31)19-30(20-12-8-7-9-13-20)37(33,34)21-16-17-24(35-3)25(18-21)36-4/h7-18H,5-6,19H2,1-4H3,(H,28,31). The third-order valence-corrected chi connectivity index (χ3v) is 7.53. The Hall–Kier alpha value is -4.05. The molecule has 1 N–H and O–H groups in total. The molecule has 3 aromatic carbocycles. The normalized spacial score (nSPS) is 10.9. The van der Waals surface area contributed by atoms with Crippen LogP contribution in [0.15, 0.2) is 77.7 Å². The summed E-state index contributed by atoms with van der Waals surface area (Å²) in [5.74, 6) is -0.212. The van der Waals surface area contributed by atoms with Crippen molar-refractivity contribution >= 4 is 33.2 Å². The van der Waals surface area contributed by atoms with E-state index < -0.39 is 22.5 Å². The molecule has 2 amide bonds. The maximum atomic E-state index is 13.7. The highest BCUT2D eigenvalue weighted by molar-refractivity contribution is 7.92. The van der Waals surface area contributed by atoms with Crippen molar-refractivity contribution in [2.24, 2.45) is 0 Å². The van der Waals surface area contributed by atoms with Crippen molar-refractivity contribution in [2.75, 3.05) is 43.5 Å². The molecular formula is C27H31N3O6S. The van der Waals surface area contributed by atoms with E-state index in [2.05, 4.69) is 5.32 Å². The third-order valence-electron chi connectivity index (χ3n) is 5.76. The first-order valence-corrected chi connectivity index (χ1v) is 13.2. The molecule has 3 rings (SSSR count). The van der Waals surface area contributed by atoms with Crippen LogP contribution in [0.1, 0.15) is 24.2 Å². The molecule has 37 heavy (non-hydrogen) atoms. The lowest BCUT2D eigenvalue weighted by molar-refractivity contribution is -0.114. The summed E-state index contributed by atoms with van der Waals surface area (Å²) in [5.41, 5.74) is 0.939. The van der Waals surface area contributed by atoms with E-state index in [4.69, 9.17) is 9.47 Å². The third kappa shape index (κ3) is 6.21. The van der Waals surface area contributed by atoms with Crippen molar-refractivity contribution in [3.63, 3.8) is 0 Å². The average molecular weight is 526 g/mol. The number of benzene rings is 3. The number of methoxy groups -OCH3 is 2. The maximum absolute atomic E-state index is 13.7. The van der Waals surface area contributed by atoms with E-state index in [-0.39, 0.29) is 16.6 Å². The molecule has 0 aromatic heterocycles. The van der Waals surface area contributed by atoms with Gasteiger partial charge in [0, 0.05) is 19.2 Å². The van der Waals surface area contributed by atoms with Gasteiger partial charge in [-0.2, -0.15) is 0 Å². The van der Waals surface area contributed by atoms with Gasteiger partial charge in [-0.25, -0.2) is 8.42 Å². The zero-order valence-electron chi connectivity index (χ0n) is 21.3. The zero-order valence-corrected chi connectivity index (χ0v) is 22.1. The van der Waals surface area contributed by atoms with Gasteiger partial charge in [0.2, 0.25) is 5.91 Å². The molecule has 0 spiro atoms.